The SMILES string of the molecule is Cc1ccc(Cl)cc1-n1c(C)cc(/C=C2\SC(=O)N(C)C2=O)c1C. The fourth-order valence-corrected chi connectivity index (χ4v) is 3.80. The molecular weight excluding hydrogens is 344 g/mol. The van der Waals surface area contributed by atoms with Gasteiger partial charge in [0.25, 0.3) is 11.1 Å². The van der Waals surface area contributed by atoms with Gasteiger partial charge in [0.15, 0.2) is 0 Å². The van der Waals surface area contributed by atoms with Crippen molar-refractivity contribution in [2.24, 2.45) is 0 Å². The number of imide groups is 1. The lowest BCUT2D eigenvalue weighted by molar-refractivity contribution is -0.121. The summed E-state index contributed by atoms with van der Waals surface area (Å²) in [6, 6.07) is 7.80. The molecule has 124 valence electrons. The van der Waals surface area contributed by atoms with E-state index in [0.29, 0.717) is 9.93 Å². The van der Waals surface area contributed by atoms with Crippen LogP contribution in [0, 0.1) is 20.8 Å². The zero-order chi connectivity index (χ0) is 17.6. The second-order valence-corrected chi connectivity index (χ2v) is 7.26. The number of likely N-dealkylation sites (N-methyl/N-ethyl adjacent to an activating group) is 1. The number of hydrogen-bond acceptors (Lipinski definition) is 3. The minimum Gasteiger partial charge on any atom is -0.318 e. The van der Waals surface area contributed by atoms with Gasteiger partial charge in [-0.2, -0.15) is 0 Å². The zero-order valence-electron chi connectivity index (χ0n) is 13.9. The summed E-state index contributed by atoms with van der Waals surface area (Å²) in [6.07, 6.45) is 1.78. The Morgan fingerprint density at radius 2 is 1.83 bits per heavy atom. The van der Waals surface area contributed by atoms with Gasteiger partial charge in [-0.3, -0.25) is 14.5 Å². The molecule has 0 bridgehead atoms. The van der Waals surface area contributed by atoms with Crippen LogP contribution in [-0.4, -0.2) is 27.7 Å². The molecule has 1 fully saturated rings. The Morgan fingerprint density at radius 1 is 1.12 bits per heavy atom. The van der Waals surface area contributed by atoms with Crippen LogP contribution in [0.1, 0.15) is 22.5 Å². The molecule has 0 atom stereocenters. The van der Waals surface area contributed by atoms with Gasteiger partial charge in [-0.1, -0.05) is 17.7 Å². The Balaban J connectivity index is 2.10. The molecule has 1 aliphatic heterocycles. The van der Waals surface area contributed by atoms with Crippen molar-refractivity contribution in [2.45, 2.75) is 20.8 Å². The van der Waals surface area contributed by atoms with E-state index in [1.807, 2.05) is 45.0 Å². The molecule has 0 spiro atoms. The first-order valence-electron chi connectivity index (χ1n) is 7.46. The summed E-state index contributed by atoms with van der Waals surface area (Å²) in [5.74, 6) is -0.256. The lowest BCUT2D eigenvalue weighted by atomic mass is 10.2. The van der Waals surface area contributed by atoms with Crippen molar-refractivity contribution in [3.63, 3.8) is 0 Å². The lowest BCUT2D eigenvalue weighted by Gasteiger charge is -2.13. The number of aromatic nitrogens is 1. The molecule has 2 aromatic rings. The van der Waals surface area contributed by atoms with Gasteiger partial charge in [-0.05, 0) is 67.9 Å². The molecule has 0 saturated carbocycles. The van der Waals surface area contributed by atoms with Gasteiger partial charge < -0.3 is 4.57 Å². The van der Waals surface area contributed by atoms with E-state index in [4.69, 9.17) is 11.6 Å². The first-order chi connectivity index (χ1) is 11.3. The van der Waals surface area contributed by atoms with Gasteiger partial charge >= 0.3 is 0 Å². The maximum Gasteiger partial charge on any atom is 0.293 e. The summed E-state index contributed by atoms with van der Waals surface area (Å²) < 4.78 is 2.11. The molecule has 1 aliphatic rings. The molecular formula is C18H17ClN2O2S. The highest BCUT2D eigenvalue weighted by molar-refractivity contribution is 8.18. The zero-order valence-corrected chi connectivity index (χ0v) is 15.5. The predicted octanol–water partition coefficient (Wildman–Crippen LogP) is 4.72. The fourth-order valence-electron chi connectivity index (χ4n) is 2.81. The molecule has 1 aromatic carbocycles. The number of hydrogen-bond donors (Lipinski definition) is 0. The van der Waals surface area contributed by atoms with E-state index >= 15 is 0 Å². The van der Waals surface area contributed by atoms with Crippen LogP contribution < -0.4 is 0 Å². The summed E-state index contributed by atoms with van der Waals surface area (Å²) in [4.78, 5) is 25.3. The van der Waals surface area contributed by atoms with Gasteiger partial charge in [-0.15, -0.1) is 0 Å². The van der Waals surface area contributed by atoms with E-state index in [9.17, 15) is 9.59 Å². The minimum atomic E-state index is -0.256. The largest absolute Gasteiger partial charge is 0.318 e. The van der Waals surface area contributed by atoms with Gasteiger partial charge in [0.05, 0.1) is 4.91 Å². The number of amides is 2. The second-order valence-electron chi connectivity index (χ2n) is 5.83. The van der Waals surface area contributed by atoms with Crippen LogP contribution in [0.2, 0.25) is 5.02 Å². The third-order valence-electron chi connectivity index (χ3n) is 4.16. The predicted molar refractivity (Wildman–Crippen MR) is 98.7 cm³/mol. The average Bonchev–Trinajstić information content (AvgIpc) is 2.93. The molecule has 0 N–H and O–H groups in total. The van der Waals surface area contributed by atoms with Crippen LogP contribution in [0.15, 0.2) is 29.2 Å². The lowest BCUT2D eigenvalue weighted by Crippen LogP contribution is -2.22. The number of thioether (sulfide) groups is 1. The summed E-state index contributed by atoms with van der Waals surface area (Å²) >= 11 is 7.12. The average molecular weight is 361 g/mol. The van der Waals surface area contributed by atoms with Crippen molar-refractivity contribution in [1.29, 1.82) is 0 Å². The standard InChI is InChI=1S/C18H17ClN2O2S/c1-10-5-6-14(19)9-15(10)21-11(2)7-13(12(21)3)8-16-17(22)20(4)18(23)24-16/h5-9H,1-4H3/b16-8-. The highest BCUT2D eigenvalue weighted by Crippen LogP contribution is 2.33. The molecule has 24 heavy (non-hydrogen) atoms. The molecule has 1 aromatic heterocycles. The number of halogens is 1. The van der Waals surface area contributed by atoms with Crippen molar-refractivity contribution in [3.05, 3.63) is 56.7 Å². The van der Waals surface area contributed by atoms with E-state index in [0.717, 1.165) is 44.9 Å². The Hall–Kier alpha value is -1.98. The van der Waals surface area contributed by atoms with Crippen molar-refractivity contribution >= 4 is 40.6 Å². The van der Waals surface area contributed by atoms with Gasteiger partial charge in [0, 0.05) is 29.1 Å². The maximum absolute atomic E-state index is 12.1. The van der Waals surface area contributed by atoms with E-state index in [1.54, 1.807) is 6.08 Å². The molecule has 3 rings (SSSR count). The summed E-state index contributed by atoms with van der Waals surface area (Å²) in [7, 11) is 1.50. The first-order valence-corrected chi connectivity index (χ1v) is 8.66. The Bertz CT molecular complexity index is 899. The van der Waals surface area contributed by atoms with Crippen LogP contribution in [0.25, 0.3) is 11.8 Å². The molecule has 2 heterocycles. The van der Waals surface area contributed by atoms with Gasteiger partial charge in [0.2, 0.25) is 0 Å². The van der Waals surface area contributed by atoms with Crippen LogP contribution in [0.4, 0.5) is 4.79 Å². The Morgan fingerprint density at radius 3 is 2.46 bits per heavy atom. The molecule has 0 aliphatic carbocycles. The number of carbonyl (C=O) groups excluding carboxylic acids is 2. The third-order valence-corrected chi connectivity index (χ3v) is 5.35. The Kier molecular flexibility index (Phi) is 4.32. The highest BCUT2D eigenvalue weighted by atomic mass is 35.5. The van der Waals surface area contributed by atoms with Crippen molar-refractivity contribution < 1.29 is 9.59 Å². The van der Waals surface area contributed by atoms with Gasteiger partial charge in [0.1, 0.15) is 0 Å². The fraction of sp³-hybridized carbons (Fsp3) is 0.222. The monoisotopic (exact) mass is 360 g/mol. The highest BCUT2D eigenvalue weighted by Gasteiger charge is 2.32. The second kappa shape index (κ2) is 6.15. The summed E-state index contributed by atoms with van der Waals surface area (Å²) in [5.41, 5.74) is 5.09. The smallest absolute Gasteiger partial charge is 0.293 e. The van der Waals surface area contributed by atoms with E-state index in [-0.39, 0.29) is 11.1 Å². The molecule has 0 radical (unpaired) electrons. The molecule has 6 heteroatoms. The number of aryl methyl sites for hydroxylation is 2. The quantitative estimate of drug-likeness (QED) is 0.727. The van der Waals surface area contributed by atoms with E-state index in [1.165, 1.54) is 7.05 Å². The van der Waals surface area contributed by atoms with E-state index < -0.39 is 0 Å². The molecule has 1 saturated heterocycles. The third kappa shape index (κ3) is 2.78. The van der Waals surface area contributed by atoms with Crippen LogP contribution in [0.3, 0.4) is 0 Å². The van der Waals surface area contributed by atoms with E-state index in [2.05, 4.69) is 4.57 Å². The van der Waals surface area contributed by atoms with Gasteiger partial charge in [-0.25, -0.2) is 0 Å². The summed E-state index contributed by atoms with van der Waals surface area (Å²) in [5, 5.41) is 0.433. The number of nitrogens with zero attached hydrogens (tertiary/aromatic N) is 2. The Labute approximate surface area is 150 Å². The topological polar surface area (TPSA) is 42.3 Å². The van der Waals surface area contributed by atoms with Crippen LogP contribution in [-0.2, 0) is 4.79 Å². The normalized spacial score (nSPS) is 16.5. The van der Waals surface area contributed by atoms with Crippen molar-refractivity contribution in [3.8, 4) is 5.69 Å². The maximum atomic E-state index is 12.1. The van der Waals surface area contributed by atoms with Crippen molar-refractivity contribution in [2.75, 3.05) is 7.05 Å². The molecule has 4 nitrogen and oxygen atoms in total. The molecule has 2 amide bonds. The number of benzene rings is 1. The first kappa shape index (κ1) is 16.9. The van der Waals surface area contributed by atoms with Crippen LogP contribution >= 0.6 is 23.4 Å². The summed E-state index contributed by atoms with van der Waals surface area (Å²) in [6.45, 7) is 6.04. The van der Waals surface area contributed by atoms with Crippen LogP contribution in [0.5, 0.6) is 0 Å². The van der Waals surface area contributed by atoms with Crippen molar-refractivity contribution in [1.82, 2.24) is 9.47 Å². The number of carbonyl (C=O) groups is 2. The minimum absolute atomic E-state index is 0.245. The number of rotatable bonds is 2. The molecule has 0 unspecified atom stereocenters.